The van der Waals surface area contributed by atoms with Gasteiger partial charge in [-0.2, -0.15) is 10.2 Å². The molecule has 0 amide bonds. The second-order valence-electron chi connectivity index (χ2n) is 5.58. The first-order valence-electron chi connectivity index (χ1n) is 7.38. The average molecular weight is 304 g/mol. The molecule has 0 saturated carbocycles. The van der Waals surface area contributed by atoms with Crippen LogP contribution in [-0.2, 0) is 14.1 Å². The highest BCUT2D eigenvalue weighted by atomic mass is 15.3. The van der Waals surface area contributed by atoms with Gasteiger partial charge in [0.2, 0.25) is 0 Å². The number of rotatable bonds is 2. The molecular formula is C17H16N6. The zero-order chi connectivity index (χ0) is 16.0. The number of aromatic nitrogens is 6. The minimum atomic E-state index is 0.729. The molecule has 4 aromatic heterocycles. The van der Waals surface area contributed by atoms with E-state index < -0.39 is 0 Å². The maximum Gasteiger partial charge on any atom is 0.182 e. The van der Waals surface area contributed by atoms with Crippen LogP contribution in [0.25, 0.3) is 33.5 Å². The molecule has 0 aromatic carbocycles. The Kier molecular flexibility index (Phi) is 2.97. The minimum Gasteiger partial charge on any atom is -0.275 e. The van der Waals surface area contributed by atoms with Gasteiger partial charge in [0.05, 0.1) is 23.0 Å². The largest absolute Gasteiger partial charge is 0.275 e. The zero-order valence-corrected chi connectivity index (χ0v) is 13.2. The fourth-order valence-electron chi connectivity index (χ4n) is 2.77. The molecule has 23 heavy (non-hydrogen) atoms. The van der Waals surface area contributed by atoms with E-state index in [2.05, 4.69) is 21.2 Å². The van der Waals surface area contributed by atoms with Crippen LogP contribution in [0.4, 0.5) is 0 Å². The van der Waals surface area contributed by atoms with Crippen LogP contribution in [0.3, 0.4) is 0 Å². The molecule has 114 valence electrons. The van der Waals surface area contributed by atoms with Gasteiger partial charge in [-0.3, -0.25) is 14.3 Å². The van der Waals surface area contributed by atoms with Gasteiger partial charge in [-0.05, 0) is 25.1 Å². The molecule has 0 fully saturated rings. The van der Waals surface area contributed by atoms with E-state index in [0.29, 0.717) is 0 Å². The number of pyridine rings is 2. The van der Waals surface area contributed by atoms with E-state index in [4.69, 9.17) is 4.98 Å². The normalized spacial score (nSPS) is 11.3. The summed E-state index contributed by atoms with van der Waals surface area (Å²) >= 11 is 0. The van der Waals surface area contributed by atoms with Crippen LogP contribution < -0.4 is 0 Å². The summed E-state index contributed by atoms with van der Waals surface area (Å²) in [6.07, 6.45) is 5.56. The Morgan fingerprint density at radius 1 is 1.09 bits per heavy atom. The fourth-order valence-corrected chi connectivity index (χ4v) is 2.77. The Morgan fingerprint density at radius 2 is 1.96 bits per heavy atom. The molecule has 4 aromatic rings. The van der Waals surface area contributed by atoms with Crippen LogP contribution in [0.15, 0.2) is 42.9 Å². The van der Waals surface area contributed by atoms with Crippen molar-refractivity contribution in [3.05, 3.63) is 48.5 Å². The second-order valence-corrected chi connectivity index (χ2v) is 5.58. The standard InChI is InChI=1S/C17H16N6/c1-11-16-13(14-6-4-5-7-18-14)8-15(12-9-19-22(2)10-12)20-17(16)21-23(11)3/h4-10H,1-3H3. The molecule has 6 heteroatoms. The molecule has 0 aliphatic carbocycles. The van der Waals surface area contributed by atoms with Gasteiger partial charge in [0.25, 0.3) is 0 Å². The van der Waals surface area contributed by atoms with Crippen molar-refractivity contribution < 1.29 is 0 Å². The highest BCUT2D eigenvalue weighted by Gasteiger charge is 2.16. The maximum absolute atomic E-state index is 4.71. The van der Waals surface area contributed by atoms with Crippen LogP contribution >= 0.6 is 0 Å². The van der Waals surface area contributed by atoms with E-state index in [0.717, 1.165) is 39.2 Å². The summed E-state index contributed by atoms with van der Waals surface area (Å²) in [7, 11) is 3.83. The van der Waals surface area contributed by atoms with Crippen molar-refractivity contribution >= 4 is 11.0 Å². The van der Waals surface area contributed by atoms with Gasteiger partial charge in [0, 0.05) is 43.3 Å². The number of nitrogens with zero attached hydrogens (tertiary/aromatic N) is 6. The lowest BCUT2D eigenvalue weighted by Crippen LogP contribution is -1.92. The van der Waals surface area contributed by atoms with E-state index in [-0.39, 0.29) is 0 Å². The zero-order valence-electron chi connectivity index (χ0n) is 13.2. The van der Waals surface area contributed by atoms with Crippen LogP contribution in [0.5, 0.6) is 0 Å². The number of aryl methyl sites for hydroxylation is 3. The maximum atomic E-state index is 4.71. The molecule has 6 nitrogen and oxygen atoms in total. The lowest BCUT2D eigenvalue weighted by Gasteiger charge is -2.06. The highest BCUT2D eigenvalue weighted by molar-refractivity contribution is 5.95. The summed E-state index contributed by atoms with van der Waals surface area (Å²) in [4.78, 5) is 9.22. The molecule has 0 bridgehead atoms. The molecule has 0 saturated heterocycles. The first kappa shape index (κ1) is 13.6. The molecule has 0 N–H and O–H groups in total. The molecule has 4 heterocycles. The highest BCUT2D eigenvalue weighted by Crippen LogP contribution is 2.32. The van der Waals surface area contributed by atoms with E-state index in [1.54, 1.807) is 10.9 Å². The Hall–Kier alpha value is -3.02. The first-order valence-corrected chi connectivity index (χ1v) is 7.38. The van der Waals surface area contributed by atoms with Crippen molar-refractivity contribution in [1.29, 1.82) is 0 Å². The Balaban J connectivity index is 2.05. The third kappa shape index (κ3) is 2.19. The average Bonchev–Trinajstić information content (AvgIpc) is 3.12. The van der Waals surface area contributed by atoms with Gasteiger partial charge < -0.3 is 0 Å². The van der Waals surface area contributed by atoms with Gasteiger partial charge in [0.1, 0.15) is 0 Å². The molecule has 0 aliphatic heterocycles. The lowest BCUT2D eigenvalue weighted by molar-refractivity contribution is 0.748. The van der Waals surface area contributed by atoms with Crippen molar-refractivity contribution in [2.45, 2.75) is 6.92 Å². The monoisotopic (exact) mass is 304 g/mol. The summed E-state index contributed by atoms with van der Waals surface area (Å²) in [6.45, 7) is 2.05. The molecule has 0 radical (unpaired) electrons. The molecular weight excluding hydrogens is 288 g/mol. The number of hydrogen-bond donors (Lipinski definition) is 0. The summed E-state index contributed by atoms with van der Waals surface area (Å²) in [5.74, 6) is 0. The molecule has 0 spiro atoms. The molecule has 4 rings (SSSR count). The van der Waals surface area contributed by atoms with Crippen LogP contribution in [0.2, 0.25) is 0 Å². The van der Waals surface area contributed by atoms with E-state index in [1.165, 1.54) is 0 Å². The van der Waals surface area contributed by atoms with Crippen LogP contribution in [0.1, 0.15) is 5.69 Å². The third-order valence-corrected chi connectivity index (χ3v) is 4.03. The van der Waals surface area contributed by atoms with Crippen molar-refractivity contribution in [2.75, 3.05) is 0 Å². The van der Waals surface area contributed by atoms with Crippen molar-refractivity contribution in [3.8, 4) is 22.5 Å². The Labute approximate surface area is 133 Å². The van der Waals surface area contributed by atoms with Crippen LogP contribution in [-0.4, -0.2) is 29.5 Å². The molecule has 0 aliphatic rings. The SMILES string of the molecule is Cc1c2c(-c3ccccn3)cc(-c3cnn(C)c3)nc2nn1C. The molecule has 0 unspecified atom stereocenters. The lowest BCUT2D eigenvalue weighted by atomic mass is 10.0. The summed E-state index contributed by atoms with van der Waals surface area (Å²) in [6, 6.07) is 7.98. The minimum absolute atomic E-state index is 0.729. The summed E-state index contributed by atoms with van der Waals surface area (Å²) in [5, 5.41) is 9.82. The van der Waals surface area contributed by atoms with Crippen molar-refractivity contribution in [2.24, 2.45) is 14.1 Å². The first-order chi connectivity index (χ1) is 11.1. The fraction of sp³-hybridized carbons (Fsp3) is 0.176. The van der Waals surface area contributed by atoms with E-state index >= 15 is 0 Å². The predicted molar refractivity (Wildman–Crippen MR) is 88.7 cm³/mol. The van der Waals surface area contributed by atoms with Gasteiger partial charge in [0.15, 0.2) is 5.65 Å². The Bertz CT molecular complexity index is 997. The van der Waals surface area contributed by atoms with Gasteiger partial charge in [-0.1, -0.05) is 6.07 Å². The van der Waals surface area contributed by atoms with Crippen LogP contribution in [0, 0.1) is 6.92 Å². The Morgan fingerprint density at radius 3 is 2.65 bits per heavy atom. The van der Waals surface area contributed by atoms with E-state index in [1.807, 2.05) is 56.3 Å². The summed E-state index contributed by atoms with van der Waals surface area (Å²) < 4.78 is 3.63. The van der Waals surface area contributed by atoms with Gasteiger partial charge in [-0.25, -0.2) is 4.98 Å². The molecule has 0 atom stereocenters. The van der Waals surface area contributed by atoms with Gasteiger partial charge >= 0.3 is 0 Å². The number of hydrogen-bond acceptors (Lipinski definition) is 4. The quantitative estimate of drug-likeness (QED) is 0.571. The van der Waals surface area contributed by atoms with Gasteiger partial charge in [-0.15, -0.1) is 0 Å². The van der Waals surface area contributed by atoms with E-state index in [9.17, 15) is 0 Å². The topological polar surface area (TPSA) is 61.4 Å². The smallest absolute Gasteiger partial charge is 0.182 e. The summed E-state index contributed by atoms with van der Waals surface area (Å²) in [5.41, 5.74) is 5.58. The predicted octanol–water partition coefficient (Wildman–Crippen LogP) is 2.74. The van der Waals surface area contributed by atoms with Crippen molar-refractivity contribution in [1.82, 2.24) is 29.5 Å². The van der Waals surface area contributed by atoms with Crippen molar-refractivity contribution in [3.63, 3.8) is 0 Å². The second kappa shape index (κ2) is 5.01. The third-order valence-electron chi connectivity index (χ3n) is 4.03. The number of fused-ring (bicyclic) bond motifs is 1.